The van der Waals surface area contributed by atoms with Crippen molar-refractivity contribution in [1.82, 2.24) is 0 Å². The minimum Gasteiger partial charge on any atom is -0.228 e. The number of benzene rings is 2. The van der Waals surface area contributed by atoms with E-state index >= 15 is 0 Å². The topological polar surface area (TPSA) is 58.9 Å². The number of halogens is 6. The summed E-state index contributed by atoms with van der Waals surface area (Å²) in [7, 11) is -3.66. The predicted molar refractivity (Wildman–Crippen MR) is 104 cm³/mol. The molecule has 0 amide bonds. The van der Waals surface area contributed by atoms with E-state index in [1.165, 1.54) is 30.3 Å². The third-order valence-corrected chi connectivity index (χ3v) is 7.13. The molecule has 3 atom stereocenters. The van der Waals surface area contributed by atoms with Gasteiger partial charge >= 0.3 is 12.4 Å². The highest BCUT2D eigenvalue weighted by atomic mass is 32.2. The van der Waals surface area contributed by atoms with Gasteiger partial charge in [0.05, 0.1) is 28.7 Å². The van der Waals surface area contributed by atoms with E-state index in [4.69, 9.17) is 0 Å². The van der Waals surface area contributed by atoms with Crippen molar-refractivity contribution in [1.29, 1.82) is 0 Å². The Bertz CT molecular complexity index is 1200. The molecule has 0 radical (unpaired) electrons. The second kappa shape index (κ2) is 7.72. The van der Waals surface area contributed by atoms with Crippen LogP contribution in [0.2, 0.25) is 0 Å². The van der Waals surface area contributed by atoms with Crippen LogP contribution in [-0.2, 0) is 22.2 Å². The monoisotopic (exact) mass is 474 g/mol. The van der Waals surface area contributed by atoms with E-state index < -0.39 is 57.1 Å². The lowest BCUT2D eigenvalue weighted by molar-refractivity contribution is -0.138. The second-order valence-corrected chi connectivity index (χ2v) is 9.91. The Morgan fingerprint density at radius 2 is 1.44 bits per heavy atom. The number of hydrogen-bond donors (Lipinski definition) is 0. The molecule has 2 aromatic rings. The van der Waals surface area contributed by atoms with Crippen LogP contribution < -0.4 is 0 Å². The molecule has 2 aliphatic rings. The van der Waals surface area contributed by atoms with E-state index in [0.29, 0.717) is 0 Å². The first-order chi connectivity index (χ1) is 14.8. The lowest BCUT2D eigenvalue weighted by atomic mass is 9.86. The van der Waals surface area contributed by atoms with E-state index in [9.17, 15) is 34.8 Å². The summed E-state index contributed by atoms with van der Waals surface area (Å²) in [6.07, 6.45) is -7.78. The van der Waals surface area contributed by atoms with Gasteiger partial charge in [-0.2, -0.15) is 36.6 Å². The van der Waals surface area contributed by atoms with Crippen LogP contribution in [0.15, 0.2) is 64.3 Å². The van der Waals surface area contributed by atoms with E-state index in [-0.39, 0.29) is 22.5 Å². The molecule has 1 saturated heterocycles. The van der Waals surface area contributed by atoms with Gasteiger partial charge in [0.15, 0.2) is 9.84 Å². The number of alkyl halides is 6. The molecular weight excluding hydrogens is 458 g/mol. The van der Waals surface area contributed by atoms with Gasteiger partial charge in [0, 0.05) is 5.92 Å². The Morgan fingerprint density at radius 3 is 2.09 bits per heavy atom. The number of rotatable bonds is 2. The summed E-state index contributed by atoms with van der Waals surface area (Å²) in [4.78, 5) is 0. The maximum atomic E-state index is 13.1. The van der Waals surface area contributed by atoms with Crippen molar-refractivity contribution >= 4 is 15.9 Å². The number of nitrogens with zero attached hydrogens (tertiary/aromatic N) is 2. The summed E-state index contributed by atoms with van der Waals surface area (Å²) in [5.74, 6) is -1.47. The predicted octanol–water partition coefficient (Wildman–Crippen LogP) is 5.73. The molecule has 0 aromatic heterocycles. The highest BCUT2D eigenvalue weighted by Crippen LogP contribution is 2.44. The van der Waals surface area contributed by atoms with Gasteiger partial charge in [0.2, 0.25) is 0 Å². The highest BCUT2D eigenvalue weighted by Gasteiger charge is 2.45. The van der Waals surface area contributed by atoms with E-state index in [0.717, 1.165) is 24.3 Å². The van der Waals surface area contributed by atoms with Crippen LogP contribution in [0.4, 0.5) is 26.3 Å². The van der Waals surface area contributed by atoms with Crippen molar-refractivity contribution in [2.45, 2.75) is 24.4 Å². The van der Waals surface area contributed by atoms with Crippen molar-refractivity contribution < 1.29 is 34.8 Å². The Kier molecular flexibility index (Phi) is 5.43. The number of hydrogen-bond acceptors (Lipinski definition) is 4. The summed E-state index contributed by atoms with van der Waals surface area (Å²) >= 11 is 0. The molecule has 2 aromatic carbocycles. The minimum absolute atomic E-state index is 0.156. The molecule has 170 valence electrons. The first-order valence-electron chi connectivity index (χ1n) is 9.49. The van der Waals surface area contributed by atoms with Gasteiger partial charge in [0.1, 0.15) is 6.04 Å². The van der Waals surface area contributed by atoms with E-state index in [1.807, 2.05) is 0 Å². The molecule has 0 N–H and O–H groups in total. The van der Waals surface area contributed by atoms with E-state index in [1.54, 1.807) is 0 Å². The maximum Gasteiger partial charge on any atom is 0.416 e. The molecule has 1 fully saturated rings. The van der Waals surface area contributed by atoms with Crippen molar-refractivity contribution in [3.05, 3.63) is 76.4 Å². The second-order valence-electron chi connectivity index (χ2n) is 7.80. The minimum atomic E-state index is -4.57. The van der Waals surface area contributed by atoms with E-state index in [2.05, 4.69) is 10.2 Å². The molecule has 0 bridgehead atoms. The van der Waals surface area contributed by atoms with Crippen molar-refractivity contribution in [3.63, 3.8) is 0 Å². The zero-order valence-corrected chi connectivity index (χ0v) is 17.0. The fourth-order valence-corrected chi connectivity index (χ4v) is 5.90. The zero-order valence-electron chi connectivity index (χ0n) is 16.2. The fraction of sp³-hybridized carbons (Fsp3) is 0.333. The first kappa shape index (κ1) is 22.5. The van der Waals surface area contributed by atoms with Gasteiger partial charge in [-0.05, 0) is 41.0 Å². The average molecular weight is 474 g/mol. The molecule has 4 nitrogen and oxygen atoms in total. The zero-order chi connectivity index (χ0) is 23.3. The van der Waals surface area contributed by atoms with Gasteiger partial charge in [-0.25, -0.2) is 8.42 Å². The average Bonchev–Trinajstić information content (AvgIpc) is 3.09. The standard InChI is InChI=1S/C21H16F6N2O2S/c22-20(23,24)15-5-1-3-12(8-15)7-14-10-32(30,31)11-17-18(28-29-19(14)17)13-4-2-6-16(9-13)21(25,26)27/h1-9,17-19H,10-11H2. The van der Waals surface area contributed by atoms with Crippen LogP contribution in [0.1, 0.15) is 28.3 Å². The molecule has 32 heavy (non-hydrogen) atoms. The molecule has 4 rings (SSSR count). The number of sulfone groups is 1. The summed E-state index contributed by atoms with van der Waals surface area (Å²) in [5, 5.41) is 8.17. The molecule has 2 heterocycles. The smallest absolute Gasteiger partial charge is 0.228 e. The Hall–Kier alpha value is -2.69. The Morgan fingerprint density at radius 1 is 0.844 bits per heavy atom. The van der Waals surface area contributed by atoms with Crippen LogP contribution >= 0.6 is 0 Å². The number of azo groups is 1. The summed E-state index contributed by atoms with van der Waals surface area (Å²) < 4.78 is 103. The SMILES string of the molecule is O=S1(=O)CC(=Cc2cccc(C(F)(F)F)c2)C2N=NC(c3cccc(C(F)(F)F)c3)C2C1. The molecular formula is C21H16F6N2O2S. The molecule has 0 aliphatic carbocycles. The highest BCUT2D eigenvalue weighted by molar-refractivity contribution is 7.91. The quantitative estimate of drug-likeness (QED) is 0.522. The molecule has 0 saturated carbocycles. The third-order valence-electron chi connectivity index (χ3n) is 5.46. The van der Waals surface area contributed by atoms with Crippen LogP contribution in [0.5, 0.6) is 0 Å². The van der Waals surface area contributed by atoms with Gasteiger partial charge in [-0.1, -0.05) is 30.3 Å². The van der Waals surface area contributed by atoms with Gasteiger partial charge in [0.25, 0.3) is 0 Å². The summed E-state index contributed by atoms with van der Waals surface area (Å²) in [6.45, 7) is 0. The number of fused-ring (bicyclic) bond motifs is 1. The van der Waals surface area contributed by atoms with Gasteiger partial charge < -0.3 is 0 Å². The molecule has 3 unspecified atom stereocenters. The normalized spacial score (nSPS) is 26.3. The Labute approximate surface area is 179 Å². The molecule has 2 aliphatic heterocycles. The maximum absolute atomic E-state index is 13.1. The first-order valence-corrected chi connectivity index (χ1v) is 11.3. The van der Waals surface area contributed by atoms with Crippen molar-refractivity contribution in [3.8, 4) is 0 Å². The van der Waals surface area contributed by atoms with Crippen molar-refractivity contribution in [2.24, 2.45) is 16.1 Å². The largest absolute Gasteiger partial charge is 0.416 e. The van der Waals surface area contributed by atoms with Gasteiger partial charge in [-0.15, -0.1) is 0 Å². The van der Waals surface area contributed by atoms with Crippen LogP contribution in [0, 0.1) is 5.92 Å². The van der Waals surface area contributed by atoms with Crippen LogP contribution in [0.25, 0.3) is 6.08 Å². The Balaban J connectivity index is 1.70. The van der Waals surface area contributed by atoms with Crippen LogP contribution in [0.3, 0.4) is 0 Å². The van der Waals surface area contributed by atoms with Crippen LogP contribution in [-0.4, -0.2) is 26.0 Å². The third kappa shape index (κ3) is 4.57. The molecule has 0 spiro atoms. The van der Waals surface area contributed by atoms with Crippen molar-refractivity contribution in [2.75, 3.05) is 11.5 Å². The molecule has 11 heteroatoms. The lowest BCUT2D eigenvalue weighted by Gasteiger charge is -2.29. The lowest BCUT2D eigenvalue weighted by Crippen LogP contribution is -2.37. The van der Waals surface area contributed by atoms with Gasteiger partial charge in [-0.3, -0.25) is 0 Å². The fourth-order valence-electron chi connectivity index (χ4n) is 4.07. The summed E-state index contributed by atoms with van der Waals surface area (Å²) in [6, 6.07) is 7.26. The summed E-state index contributed by atoms with van der Waals surface area (Å²) in [5.41, 5.74) is -1.15.